The molecule has 1 heterocycles. The van der Waals surface area contributed by atoms with Crippen LogP contribution in [0.15, 0.2) is 0 Å². The third kappa shape index (κ3) is 3.06. The molecule has 0 amide bonds. The average Bonchev–Trinajstić information content (AvgIpc) is 3.04. The van der Waals surface area contributed by atoms with Gasteiger partial charge in [0, 0.05) is 18.9 Å². The summed E-state index contributed by atoms with van der Waals surface area (Å²) < 4.78 is 11.5. The van der Waals surface area contributed by atoms with Crippen LogP contribution in [-0.4, -0.2) is 31.6 Å². The van der Waals surface area contributed by atoms with Gasteiger partial charge in [0.2, 0.25) is 0 Å². The molecule has 3 fully saturated rings. The highest BCUT2D eigenvalue weighted by molar-refractivity contribution is 4.85. The lowest BCUT2D eigenvalue weighted by Gasteiger charge is -2.35. The normalized spacial score (nSPS) is 29.3. The highest BCUT2D eigenvalue weighted by atomic mass is 16.7. The van der Waals surface area contributed by atoms with Gasteiger partial charge >= 0.3 is 0 Å². The van der Waals surface area contributed by atoms with Gasteiger partial charge < -0.3 is 14.8 Å². The molecule has 0 atom stereocenters. The van der Waals surface area contributed by atoms with Crippen LogP contribution in [0.25, 0.3) is 0 Å². The predicted molar refractivity (Wildman–Crippen MR) is 71.5 cm³/mol. The Hall–Kier alpha value is -0.120. The Labute approximate surface area is 111 Å². The van der Waals surface area contributed by atoms with Gasteiger partial charge in [0.25, 0.3) is 0 Å². The zero-order chi connectivity index (χ0) is 12.3. The standard InChI is InChI=1S/C15H27NO2/c1-2-4-13(3-1)7-10-16-14-5-8-15(9-6-14)17-11-12-18-15/h13-14,16H,1-12H2. The maximum atomic E-state index is 5.77. The summed E-state index contributed by atoms with van der Waals surface area (Å²) in [5.41, 5.74) is 0. The van der Waals surface area contributed by atoms with E-state index < -0.39 is 0 Å². The second kappa shape index (κ2) is 5.89. The average molecular weight is 253 g/mol. The molecule has 0 aromatic heterocycles. The predicted octanol–water partition coefficient (Wildman–Crippen LogP) is 2.84. The SMILES string of the molecule is C1CCC(CCNC2CCC3(CC2)OCCO3)C1. The molecule has 0 aromatic carbocycles. The summed E-state index contributed by atoms with van der Waals surface area (Å²) in [5, 5.41) is 3.74. The zero-order valence-electron chi connectivity index (χ0n) is 11.5. The van der Waals surface area contributed by atoms with E-state index >= 15 is 0 Å². The summed E-state index contributed by atoms with van der Waals surface area (Å²) in [4.78, 5) is 0. The van der Waals surface area contributed by atoms with E-state index in [2.05, 4.69) is 5.32 Å². The first-order chi connectivity index (χ1) is 8.86. The smallest absolute Gasteiger partial charge is 0.168 e. The summed E-state index contributed by atoms with van der Waals surface area (Å²) in [6, 6.07) is 0.699. The van der Waals surface area contributed by atoms with Crippen LogP contribution in [0.3, 0.4) is 0 Å². The Kier molecular flexibility index (Phi) is 4.22. The van der Waals surface area contributed by atoms with Crippen molar-refractivity contribution >= 4 is 0 Å². The molecule has 1 N–H and O–H groups in total. The number of nitrogens with one attached hydrogen (secondary N) is 1. The summed E-state index contributed by atoms with van der Waals surface area (Å²) in [7, 11) is 0. The van der Waals surface area contributed by atoms with E-state index in [1.165, 1.54) is 51.5 Å². The van der Waals surface area contributed by atoms with Gasteiger partial charge in [0.1, 0.15) is 0 Å². The fourth-order valence-electron chi connectivity index (χ4n) is 3.84. The van der Waals surface area contributed by atoms with E-state index in [0.29, 0.717) is 6.04 Å². The molecule has 3 rings (SSSR count). The Bertz CT molecular complexity index is 247. The second-order valence-corrected chi connectivity index (χ2v) is 6.28. The van der Waals surface area contributed by atoms with Crippen molar-refractivity contribution in [1.82, 2.24) is 5.32 Å². The monoisotopic (exact) mass is 253 g/mol. The molecule has 3 aliphatic rings. The molecule has 3 heteroatoms. The van der Waals surface area contributed by atoms with E-state index in [1.807, 2.05) is 0 Å². The quantitative estimate of drug-likeness (QED) is 0.835. The van der Waals surface area contributed by atoms with Gasteiger partial charge in [-0.25, -0.2) is 0 Å². The van der Waals surface area contributed by atoms with Crippen molar-refractivity contribution in [2.24, 2.45) is 5.92 Å². The highest BCUT2D eigenvalue weighted by Gasteiger charge is 2.40. The summed E-state index contributed by atoms with van der Waals surface area (Å²) in [5.74, 6) is 0.817. The molecule has 0 bridgehead atoms. The van der Waals surface area contributed by atoms with E-state index in [9.17, 15) is 0 Å². The molecule has 0 unspecified atom stereocenters. The van der Waals surface area contributed by atoms with Crippen molar-refractivity contribution in [2.45, 2.75) is 69.6 Å². The molecule has 1 aliphatic heterocycles. The van der Waals surface area contributed by atoms with Crippen LogP contribution in [0.4, 0.5) is 0 Å². The Balaban J connectivity index is 1.32. The molecule has 1 saturated heterocycles. The molecule has 104 valence electrons. The number of ether oxygens (including phenoxy) is 2. The van der Waals surface area contributed by atoms with Crippen molar-refractivity contribution in [2.75, 3.05) is 19.8 Å². The van der Waals surface area contributed by atoms with Crippen LogP contribution >= 0.6 is 0 Å². The topological polar surface area (TPSA) is 30.5 Å². The van der Waals surface area contributed by atoms with Crippen LogP contribution in [0, 0.1) is 5.92 Å². The number of hydrogen-bond acceptors (Lipinski definition) is 3. The fourth-order valence-corrected chi connectivity index (χ4v) is 3.84. The van der Waals surface area contributed by atoms with Crippen molar-refractivity contribution in [3.63, 3.8) is 0 Å². The van der Waals surface area contributed by atoms with Crippen LogP contribution < -0.4 is 5.32 Å². The Morgan fingerprint density at radius 1 is 0.944 bits per heavy atom. The third-order valence-electron chi connectivity index (χ3n) is 5.02. The lowest BCUT2D eigenvalue weighted by Crippen LogP contribution is -2.42. The van der Waals surface area contributed by atoms with Gasteiger partial charge in [-0.1, -0.05) is 25.7 Å². The maximum absolute atomic E-state index is 5.77. The molecule has 2 saturated carbocycles. The van der Waals surface area contributed by atoms with Gasteiger partial charge in [-0.05, 0) is 31.7 Å². The number of rotatable bonds is 4. The lowest BCUT2D eigenvalue weighted by molar-refractivity contribution is -0.179. The molecule has 0 aromatic rings. The maximum Gasteiger partial charge on any atom is 0.168 e. The summed E-state index contributed by atoms with van der Waals surface area (Å²) in [6.07, 6.45) is 11.8. The second-order valence-electron chi connectivity index (χ2n) is 6.28. The van der Waals surface area contributed by atoms with Gasteiger partial charge in [-0.3, -0.25) is 0 Å². The van der Waals surface area contributed by atoms with Crippen LogP contribution in [-0.2, 0) is 9.47 Å². The molecular weight excluding hydrogens is 226 g/mol. The van der Waals surface area contributed by atoms with Crippen molar-refractivity contribution in [1.29, 1.82) is 0 Å². The molecule has 1 spiro atoms. The van der Waals surface area contributed by atoms with E-state index in [4.69, 9.17) is 9.47 Å². The molecular formula is C15H27NO2. The van der Waals surface area contributed by atoms with E-state index in [1.54, 1.807) is 0 Å². The Morgan fingerprint density at radius 2 is 1.61 bits per heavy atom. The molecule has 0 radical (unpaired) electrons. The minimum atomic E-state index is -0.191. The van der Waals surface area contributed by atoms with Crippen molar-refractivity contribution in [3.05, 3.63) is 0 Å². The van der Waals surface area contributed by atoms with Crippen molar-refractivity contribution in [3.8, 4) is 0 Å². The molecule has 3 nitrogen and oxygen atoms in total. The zero-order valence-corrected chi connectivity index (χ0v) is 11.5. The fraction of sp³-hybridized carbons (Fsp3) is 1.00. The van der Waals surface area contributed by atoms with Gasteiger partial charge in [-0.15, -0.1) is 0 Å². The van der Waals surface area contributed by atoms with Crippen LogP contribution in [0.1, 0.15) is 57.8 Å². The minimum absolute atomic E-state index is 0.191. The van der Waals surface area contributed by atoms with E-state index in [-0.39, 0.29) is 5.79 Å². The minimum Gasteiger partial charge on any atom is -0.348 e. The van der Waals surface area contributed by atoms with Gasteiger partial charge in [0.15, 0.2) is 5.79 Å². The van der Waals surface area contributed by atoms with E-state index in [0.717, 1.165) is 32.0 Å². The largest absolute Gasteiger partial charge is 0.348 e. The third-order valence-corrected chi connectivity index (χ3v) is 5.02. The Morgan fingerprint density at radius 3 is 2.28 bits per heavy atom. The van der Waals surface area contributed by atoms with Crippen LogP contribution in [0.5, 0.6) is 0 Å². The van der Waals surface area contributed by atoms with Crippen molar-refractivity contribution < 1.29 is 9.47 Å². The summed E-state index contributed by atoms with van der Waals surface area (Å²) in [6.45, 7) is 2.80. The summed E-state index contributed by atoms with van der Waals surface area (Å²) >= 11 is 0. The van der Waals surface area contributed by atoms with Crippen LogP contribution in [0.2, 0.25) is 0 Å². The van der Waals surface area contributed by atoms with Gasteiger partial charge in [0.05, 0.1) is 13.2 Å². The number of hydrogen-bond donors (Lipinski definition) is 1. The first-order valence-electron chi connectivity index (χ1n) is 7.88. The molecule has 2 aliphatic carbocycles. The van der Waals surface area contributed by atoms with Gasteiger partial charge in [-0.2, -0.15) is 0 Å². The highest BCUT2D eigenvalue weighted by Crippen LogP contribution is 2.35. The lowest BCUT2D eigenvalue weighted by atomic mass is 9.90. The molecule has 18 heavy (non-hydrogen) atoms. The first-order valence-corrected chi connectivity index (χ1v) is 7.88. The first kappa shape index (κ1) is 12.9.